The molecule has 0 aromatic heterocycles. The van der Waals surface area contributed by atoms with E-state index in [0.717, 1.165) is 0 Å². The Kier molecular flexibility index (Phi) is 2.45. The zero-order valence-corrected chi connectivity index (χ0v) is 5.64. The van der Waals surface area contributed by atoms with Gasteiger partial charge in [0.1, 0.15) is 0 Å². The summed E-state index contributed by atoms with van der Waals surface area (Å²) in [7, 11) is 0. The van der Waals surface area contributed by atoms with E-state index in [-0.39, 0.29) is 0 Å². The molecule has 0 radical (unpaired) electrons. The molecule has 0 saturated heterocycles. The van der Waals surface area contributed by atoms with Crippen molar-refractivity contribution >= 4 is 6.09 Å². The molecule has 0 fully saturated rings. The van der Waals surface area contributed by atoms with Gasteiger partial charge in [-0.15, -0.1) is 0 Å². The summed E-state index contributed by atoms with van der Waals surface area (Å²) in [5, 5.41) is 10.4. The molecular formula is C5H12N2O2. The van der Waals surface area contributed by atoms with Crippen molar-refractivity contribution < 1.29 is 9.90 Å². The number of rotatable bonds is 2. The average molecular weight is 132 g/mol. The summed E-state index contributed by atoms with van der Waals surface area (Å²) in [6, 6.07) is 0. The topological polar surface area (TPSA) is 75.3 Å². The van der Waals surface area contributed by atoms with Gasteiger partial charge in [-0.1, -0.05) is 6.92 Å². The molecule has 0 aromatic rings. The van der Waals surface area contributed by atoms with Crippen LogP contribution in [0.4, 0.5) is 4.79 Å². The normalized spacial score (nSPS) is 16.3. The Morgan fingerprint density at radius 3 is 2.44 bits per heavy atom. The van der Waals surface area contributed by atoms with Gasteiger partial charge in [0.2, 0.25) is 0 Å². The third-order valence-corrected chi connectivity index (χ3v) is 1.13. The van der Waals surface area contributed by atoms with E-state index in [0.29, 0.717) is 6.42 Å². The van der Waals surface area contributed by atoms with E-state index < -0.39 is 11.8 Å². The largest absolute Gasteiger partial charge is 0.465 e. The van der Waals surface area contributed by atoms with Gasteiger partial charge >= 0.3 is 6.09 Å². The fraction of sp³-hybridized carbons (Fsp3) is 0.800. The van der Waals surface area contributed by atoms with Crippen molar-refractivity contribution in [3.05, 3.63) is 0 Å². The molecule has 4 N–H and O–H groups in total. The van der Waals surface area contributed by atoms with E-state index >= 15 is 0 Å². The number of nitrogens with two attached hydrogens (primary N) is 1. The summed E-state index contributed by atoms with van der Waals surface area (Å²) in [4.78, 5) is 9.98. The highest BCUT2D eigenvalue weighted by Gasteiger charge is 2.16. The van der Waals surface area contributed by atoms with Crippen molar-refractivity contribution in [2.24, 2.45) is 5.73 Å². The maximum atomic E-state index is 9.98. The second-order valence-electron chi connectivity index (χ2n) is 2.20. The molecule has 9 heavy (non-hydrogen) atoms. The van der Waals surface area contributed by atoms with Crippen LogP contribution in [0.5, 0.6) is 0 Å². The highest BCUT2D eigenvalue weighted by molar-refractivity contribution is 5.65. The van der Waals surface area contributed by atoms with Crippen molar-refractivity contribution in [3.63, 3.8) is 0 Å². The van der Waals surface area contributed by atoms with Crippen molar-refractivity contribution in [1.29, 1.82) is 0 Å². The van der Waals surface area contributed by atoms with Gasteiger partial charge in [-0.3, -0.25) is 0 Å². The van der Waals surface area contributed by atoms with Gasteiger partial charge in [0.15, 0.2) is 0 Å². The molecule has 4 nitrogen and oxygen atoms in total. The molecule has 0 spiro atoms. The maximum Gasteiger partial charge on any atom is 0.406 e. The van der Waals surface area contributed by atoms with Crippen LogP contribution in [0.25, 0.3) is 0 Å². The number of hydrogen-bond acceptors (Lipinski definition) is 2. The molecular weight excluding hydrogens is 120 g/mol. The number of nitrogens with one attached hydrogen (secondary N) is 1. The van der Waals surface area contributed by atoms with Crippen LogP contribution in [0.2, 0.25) is 0 Å². The van der Waals surface area contributed by atoms with Crippen LogP contribution in [0.3, 0.4) is 0 Å². The van der Waals surface area contributed by atoms with Gasteiger partial charge in [-0.2, -0.15) is 0 Å². The SMILES string of the molecule is CCC(C)(N)NC(=O)O. The zero-order valence-electron chi connectivity index (χ0n) is 5.64. The van der Waals surface area contributed by atoms with Gasteiger partial charge in [0.25, 0.3) is 0 Å². The second kappa shape index (κ2) is 2.68. The lowest BCUT2D eigenvalue weighted by molar-refractivity contribution is 0.179. The molecule has 54 valence electrons. The zero-order chi connectivity index (χ0) is 7.49. The third kappa shape index (κ3) is 3.78. The van der Waals surface area contributed by atoms with Gasteiger partial charge in [-0.25, -0.2) is 4.79 Å². The smallest absolute Gasteiger partial charge is 0.406 e. The number of hydrogen-bond donors (Lipinski definition) is 3. The van der Waals surface area contributed by atoms with Gasteiger partial charge < -0.3 is 16.2 Å². The van der Waals surface area contributed by atoms with E-state index in [1.165, 1.54) is 0 Å². The number of carbonyl (C=O) groups is 1. The molecule has 0 rings (SSSR count). The quantitative estimate of drug-likeness (QED) is 0.474. The second-order valence-corrected chi connectivity index (χ2v) is 2.20. The van der Waals surface area contributed by atoms with Crippen molar-refractivity contribution in [2.45, 2.75) is 25.9 Å². The Morgan fingerprint density at radius 2 is 2.33 bits per heavy atom. The van der Waals surface area contributed by atoms with E-state index in [9.17, 15) is 4.79 Å². The minimum atomic E-state index is -1.08. The Hall–Kier alpha value is -0.770. The van der Waals surface area contributed by atoms with Crippen molar-refractivity contribution in [3.8, 4) is 0 Å². The first-order chi connectivity index (χ1) is 3.98. The van der Waals surface area contributed by atoms with Crippen LogP contribution in [-0.4, -0.2) is 16.9 Å². The van der Waals surface area contributed by atoms with Crippen molar-refractivity contribution in [2.75, 3.05) is 0 Å². The third-order valence-electron chi connectivity index (χ3n) is 1.13. The predicted octanol–water partition coefficient (Wildman–Crippen LogP) is 0.339. The van der Waals surface area contributed by atoms with Gasteiger partial charge in [0.05, 0.1) is 5.66 Å². The standard InChI is InChI=1S/C5H12N2O2/c1-3-5(2,6)7-4(8)9/h7H,3,6H2,1-2H3,(H,8,9). The fourth-order valence-corrected chi connectivity index (χ4v) is 0.333. The first kappa shape index (κ1) is 8.23. The first-order valence-corrected chi connectivity index (χ1v) is 2.78. The molecule has 0 aliphatic heterocycles. The highest BCUT2D eigenvalue weighted by Crippen LogP contribution is 1.97. The van der Waals surface area contributed by atoms with Crippen LogP contribution in [0.1, 0.15) is 20.3 Å². The number of amides is 1. The van der Waals surface area contributed by atoms with E-state index in [4.69, 9.17) is 10.8 Å². The molecule has 0 saturated carbocycles. The van der Waals surface area contributed by atoms with E-state index in [1.54, 1.807) is 6.92 Å². The lowest BCUT2D eigenvalue weighted by atomic mass is 10.2. The van der Waals surface area contributed by atoms with Crippen LogP contribution in [0.15, 0.2) is 0 Å². The maximum absolute atomic E-state index is 9.98. The number of carboxylic acid groups (broad SMARTS) is 1. The molecule has 4 heteroatoms. The molecule has 0 bridgehead atoms. The Bertz CT molecular complexity index is 112. The fourth-order valence-electron chi connectivity index (χ4n) is 0.333. The average Bonchev–Trinajstić information content (AvgIpc) is 1.63. The summed E-state index contributed by atoms with van der Waals surface area (Å²) in [6.07, 6.45) is -0.499. The molecule has 0 aliphatic carbocycles. The Labute approximate surface area is 54.0 Å². The first-order valence-electron chi connectivity index (χ1n) is 2.78. The van der Waals surface area contributed by atoms with E-state index in [2.05, 4.69) is 5.32 Å². The van der Waals surface area contributed by atoms with Crippen LogP contribution in [0, 0.1) is 0 Å². The summed E-state index contributed by atoms with van der Waals surface area (Å²) < 4.78 is 0. The van der Waals surface area contributed by atoms with Crippen molar-refractivity contribution in [1.82, 2.24) is 5.32 Å². The molecule has 1 unspecified atom stereocenters. The lowest BCUT2D eigenvalue weighted by Crippen LogP contribution is -2.52. The molecule has 0 aliphatic rings. The molecule has 1 amide bonds. The summed E-state index contributed by atoms with van der Waals surface area (Å²) >= 11 is 0. The minimum absolute atomic E-state index is 0.583. The van der Waals surface area contributed by atoms with Gasteiger partial charge in [0, 0.05) is 0 Å². The summed E-state index contributed by atoms with van der Waals surface area (Å²) in [6.45, 7) is 3.44. The highest BCUT2D eigenvalue weighted by atomic mass is 16.4. The van der Waals surface area contributed by atoms with Gasteiger partial charge in [-0.05, 0) is 13.3 Å². The Balaban J connectivity index is 3.71. The molecule has 1 atom stereocenters. The minimum Gasteiger partial charge on any atom is -0.465 e. The summed E-state index contributed by atoms with van der Waals surface area (Å²) in [5.74, 6) is 0. The summed E-state index contributed by atoms with van der Waals surface area (Å²) in [5.41, 5.74) is 4.64. The lowest BCUT2D eigenvalue weighted by Gasteiger charge is -2.21. The molecule has 0 aromatic carbocycles. The van der Waals surface area contributed by atoms with E-state index in [1.807, 2.05) is 6.92 Å². The predicted molar refractivity (Wildman–Crippen MR) is 34.0 cm³/mol. The van der Waals surface area contributed by atoms with Crippen LogP contribution >= 0.6 is 0 Å². The van der Waals surface area contributed by atoms with Crippen LogP contribution < -0.4 is 11.1 Å². The monoisotopic (exact) mass is 132 g/mol. The molecule has 0 heterocycles. The Morgan fingerprint density at radius 1 is 1.89 bits per heavy atom. The van der Waals surface area contributed by atoms with Crippen LogP contribution in [-0.2, 0) is 0 Å².